The molecule has 2 rings (SSSR count). The number of para-hydroxylation sites is 1. The van der Waals surface area contributed by atoms with Crippen LogP contribution < -0.4 is 4.74 Å². The first-order valence-corrected chi connectivity index (χ1v) is 7.83. The molecule has 0 bridgehead atoms. The van der Waals surface area contributed by atoms with Crippen molar-refractivity contribution in [3.05, 3.63) is 47.2 Å². The monoisotopic (exact) mass is 316 g/mol. The van der Waals surface area contributed by atoms with Crippen LogP contribution >= 0.6 is 0 Å². The highest BCUT2D eigenvalue weighted by Crippen LogP contribution is 2.21. The number of likely N-dealkylation sites (N-methyl/N-ethyl adjacent to an activating group) is 1. The first-order valence-electron chi connectivity index (χ1n) is 7.83. The zero-order valence-electron chi connectivity index (χ0n) is 14.4. The fourth-order valence-electron chi connectivity index (χ4n) is 2.49. The van der Waals surface area contributed by atoms with Crippen molar-refractivity contribution >= 4 is 5.91 Å². The summed E-state index contributed by atoms with van der Waals surface area (Å²) in [5.41, 5.74) is 1.72. The average molecular weight is 316 g/mol. The molecule has 0 radical (unpaired) electrons. The van der Waals surface area contributed by atoms with Crippen molar-refractivity contribution in [1.29, 1.82) is 0 Å². The molecule has 1 heterocycles. The molecule has 0 saturated carbocycles. The van der Waals surface area contributed by atoms with Gasteiger partial charge in [-0.1, -0.05) is 25.1 Å². The second-order valence-electron chi connectivity index (χ2n) is 5.66. The molecule has 0 aliphatic heterocycles. The fraction of sp³-hybridized carbons (Fsp3) is 0.444. The van der Waals surface area contributed by atoms with Crippen LogP contribution in [0.1, 0.15) is 41.6 Å². The number of methoxy groups -OCH3 is 1. The van der Waals surface area contributed by atoms with Crippen LogP contribution in [0.4, 0.5) is 0 Å². The molecule has 0 aliphatic rings. The summed E-state index contributed by atoms with van der Waals surface area (Å²) in [7, 11) is 3.44. The standard InChI is InChI=1S/C18H24N2O3/c1-6-16-19-13(3)17(23-16)18(21)20(4)12(2)11-14-9-7-8-10-15(14)22-5/h7-10,12H,6,11H2,1-5H3/t12-/m0/s1. The number of hydrogen-bond donors (Lipinski definition) is 0. The van der Waals surface area contributed by atoms with E-state index in [1.165, 1.54) is 0 Å². The molecule has 1 aromatic heterocycles. The van der Waals surface area contributed by atoms with Crippen molar-refractivity contribution < 1.29 is 13.9 Å². The summed E-state index contributed by atoms with van der Waals surface area (Å²) in [5.74, 6) is 1.62. The van der Waals surface area contributed by atoms with Gasteiger partial charge >= 0.3 is 0 Å². The van der Waals surface area contributed by atoms with Crippen molar-refractivity contribution in [1.82, 2.24) is 9.88 Å². The van der Waals surface area contributed by atoms with Crippen LogP contribution in [0.15, 0.2) is 28.7 Å². The first kappa shape index (κ1) is 17.1. The largest absolute Gasteiger partial charge is 0.496 e. The van der Waals surface area contributed by atoms with Gasteiger partial charge in [0.15, 0.2) is 5.89 Å². The van der Waals surface area contributed by atoms with Crippen molar-refractivity contribution in [3.8, 4) is 5.75 Å². The van der Waals surface area contributed by atoms with Gasteiger partial charge in [-0.3, -0.25) is 4.79 Å². The minimum absolute atomic E-state index is 0.00776. The Hall–Kier alpha value is -2.30. The molecule has 1 atom stereocenters. The van der Waals surface area contributed by atoms with Crippen LogP contribution in [0.3, 0.4) is 0 Å². The second-order valence-corrected chi connectivity index (χ2v) is 5.66. The van der Waals surface area contributed by atoms with Crippen molar-refractivity contribution in [3.63, 3.8) is 0 Å². The third-order valence-electron chi connectivity index (χ3n) is 4.03. The molecule has 23 heavy (non-hydrogen) atoms. The van der Waals surface area contributed by atoms with E-state index in [1.54, 1.807) is 26.0 Å². The van der Waals surface area contributed by atoms with Crippen LogP contribution in [0.2, 0.25) is 0 Å². The van der Waals surface area contributed by atoms with E-state index in [4.69, 9.17) is 9.15 Å². The molecule has 0 unspecified atom stereocenters. The smallest absolute Gasteiger partial charge is 0.291 e. The lowest BCUT2D eigenvalue weighted by molar-refractivity contribution is 0.0708. The minimum atomic E-state index is -0.142. The molecule has 124 valence electrons. The Bertz CT molecular complexity index is 679. The average Bonchev–Trinajstić information content (AvgIpc) is 2.94. The van der Waals surface area contributed by atoms with E-state index >= 15 is 0 Å². The summed E-state index contributed by atoms with van der Waals surface area (Å²) >= 11 is 0. The minimum Gasteiger partial charge on any atom is -0.496 e. The van der Waals surface area contributed by atoms with Crippen molar-refractivity contribution in [2.24, 2.45) is 0 Å². The molecular weight excluding hydrogens is 292 g/mol. The predicted molar refractivity (Wildman–Crippen MR) is 88.9 cm³/mol. The maximum absolute atomic E-state index is 12.6. The number of aryl methyl sites for hydroxylation is 2. The number of oxazole rings is 1. The summed E-state index contributed by atoms with van der Waals surface area (Å²) in [5, 5.41) is 0. The number of benzene rings is 1. The molecule has 0 spiro atoms. The highest BCUT2D eigenvalue weighted by atomic mass is 16.5. The van der Waals surface area contributed by atoms with Gasteiger partial charge in [0.2, 0.25) is 5.76 Å². The maximum Gasteiger partial charge on any atom is 0.291 e. The molecule has 0 aliphatic carbocycles. The lowest BCUT2D eigenvalue weighted by Gasteiger charge is -2.25. The number of carbonyl (C=O) groups is 1. The normalized spacial score (nSPS) is 12.0. The van der Waals surface area contributed by atoms with Gasteiger partial charge in [-0.25, -0.2) is 4.98 Å². The summed E-state index contributed by atoms with van der Waals surface area (Å²) in [6.45, 7) is 5.76. The molecular formula is C18H24N2O3. The third kappa shape index (κ3) is 3.73. The Morgan fingerprint density at radius 2 is 2.09 bits per heavy atom. The second kappa shape index (κ2) is 7.31. The lowest BCUT2D eigenvalue weighted by atomic mass is 10.0. The van der Waals surface area contributed by atoms with Gasteiger partial charge in [-0.2, -0.15) is 0 Å². The Kier molecular flexibility index (Phi) is 5.42. The number of amides is 1. The highest BCUT2D eigenvalue weighted by molar-refractivity contribution is 5.92. The van der Waals surface area contributed by atoms with Crippen molar-refractivity contribution in [2.75, 3.05) is 14.2 Å². The van der Waals surface area contributed by atoms with Gasteiger partial charge in [0, 0.05) is 19.5 Å². The van der Waals surface area contributed by atoms with Crippen LogP contribution in [0, 0.1) is 6.92 Å². The lowest BCUT2D eigenvalue weighted by Crippen LogP contribution is -2.36. The van der Waals surface area contributed by atoms with Crippen molar-refractivity contribution in [2.45, 2.75) is 39.7 Å². The van der Waals surface area contributed by atoms with E-state index in [2.05, 4.69) is 4.98 Å². The Morgan fingerprint density at radius 1 is 1.39 bits per heavy atom. The Labute approximate surface area is 137 Å². The molecule has 5 heteroatoms. The quantitative estimate of drug-likeness (QED) is 0.821. The fourth-order valence-corrected chi connectivity index (χ4v) is 2.49. The number of rotatable bonds is 6. The molecule has 2 aromatic rings. The third-order valence-corrected chi connectivity index (χ3v) is 4.03. The SMILES string of the molecule is CCc1nc(C)c(C(=O)N(C)[C@@H](C)Cc2ccccc2OC)o1. The van der Waals surface area contributed by atoms with Crippen LogP contribution in [-0.2, 0) is 12.8 Å². The van der Waals surface area contributed by atoms with E-state index < -0.39 is 0 Å². The predicted octanol–water partition coefficient (Wildman–Crippen LogP) is 3.26. The summed E-state index contributed by atoms with van der Waals surface area (Å²) in [6, 6.07) is 7.86. The molecule has 0 saturated heterocycles. The molecule has 0 fully saturated rings. The van der Waals surface area contributed by atoms with Gasteiger partial charge in [0.1, 0.15) is 5.75 Å². The van der Waals surface area contributed by atoms with E-state index in [9.17, 15) is 4.79 Å². The molecule has 1 amide bonds. The maximum atomic E-state index is 12.6. The van der Waals surface area contributed by atoms with Crippen LogP contribution in [-0.4, -0.2) is 36.0 Å². The number of ether oxygens (including phenoxy) is 1. The Morgan fingerprint density at radius 3 is 2.70 bits per heavy atom. The van der Waals surface area contributed by atoms with Gasteiger partial charge in [0.05, 0.1) is 12.8 Å². The summed E-state index contributed by atoms with van der Waals surface area (Å²) < 4.78 is 10.9. The highest BCUT2D eigenvalue weighted by Gasteiger charge is 2.24. The zero-order chi connectivity index (χ0) is 17.0. The van der Waals surface area contributed by atoms with Crippen LogP contribution in [0.25, 0.3) is 0 Å². The van der Waals surface area contributed by atoms with E-state index in [1.807, 2.05) is 38.1 Å². The summed E-state index contributed by atoms with van der Waals surface area (Å²) in [4.78, 5) is 18.6. The van der Waals surface area contributed by atoms with E-state index in [-0.39, 0.29) is 11.9 Å². The number of nitrogens with zero attached hydrogens (tertiary/aromatic N) is 2. The topological polar surface area (TPSA) is 55.6 Å². The first-order chi connectivity index (χ1) is 11.0. The number of aromatic nitrogens is 1. The molecule has 5 nitrogen and oxygen atoms in total. The van der Waals surface area contributed by atoms with Gasteiger partial charge in [-0.05, 0) is 31.9 Å². The Balaban J connectivity index is 2.13. The van der Waals surface area contributed by atoms with E-state index in [0.29, 0.717) is 30.2 Å². The number of hydrogen-bond acceptors (Lipinski definition) is 4. The van der Waals surface area contributed by atoms with E-state index in [0.717, 1.165) is 11.3 Å². The van der Waals surface area contributed by atoms with Gasteiger partial charge in [-0.15, -0.1) is 0 Å². The van der Waals surface area contributed by atoms with Gasteiger partial charge in [0.25, 0.3) is 5.91 Å². The van der Waals surface area contributed by atoms with Gasteiger partial charge < -0.3 is 14.1 Å². The zero-order valence-corrected chi connectivity index (χ0v) is 14.4. The molecule has 0 N–H and O–H groups in total. The van der Waals surface area contributed by atoms with Crippen LogP contribution in [0.5, 0.6) is 5.75 Å². The molecule has 1 aromatic carbocycles. The number of carbonyl (C=O) groups excluding carboxylic acids is 1. The summed E-state index contributed by atoms with van der Waals surface area (Å²) in [6.07, 6.45) is 1.38.